The van der Waals surface area contributed by atoms with Crippen LogP contribution < -0.4 is 5.32 Å². The van der Waals surface area contributed by atoms with Gasteiger partial charge in [-0.2, -0.15) is 0 Å². The van der Waals surface area contributed by atoms with Gasteiger partial charge in [-0.15, -0.1) is 11.3 Å². The Morgan fingerprint density at radius 3 is 2.68 bits per heavy atom. The van der Waals surface area contributed by atoms with Gasteiger partial charge >= 0.3 is 0 Å². The number of thiazole rings is 1. The van der Waals surface area contributed by atoms with E-state index in [2.05, 4.69) is 33.2 Å². The first-order chi connectivity index (χ1) is 9.02. The second kappa shape index (κ2) is 6.11. The maximum absolute atomic E-state index is 13.7. The average Bonchev–Trinajstić information content (AvgIpc) is 2.70. The van der Waals surface area contributed by atoms with E-state index < -0.39 is 0 Å². The zero-order valence-electron chi connectivity index (χ0n) is 11.1. The number of nitrogens with zero attached hydrogens (tertiary/aromatic N) is 1. The molecule has 0 aliphatic heterocycles. The van der Waals surface area contributed by atoms with Crippen LogP contribution in [0.15, 0.2) is 22.7 Å². The van der Waals surface area contributed by atoms with E-state index in [1.807, 2.05) is 19.9 Å². The molecule has 1 aromatic carbocycles. The third-order valence-electron chi connectivity index (χ3n) is 2.98. The zero-order valence-corrected chi connectivity index (χ0v) is 13.5. The van der Waals surface area contributed by atoms with Crippen molar-refractivity contribution in [2.75, 3.05) is 6.54 Å². The molecular formula is C14H16BrFN2S. The lowest BCUT2D eigenvalue weighted by molar-refractivity contribution is 0.597. The number of benzene rings is 1. The fourth-order valence-electron chi connectivity index (χ4n) is 1.86. The molecule has 1 N–H and O–H groups in total. The van der Waals surface area contributed by atoms with Crippen molar-refractivity contribution in [3.63, 3.8) is 0 Å². The second-order valence-corrected chi connectivity index (χ2v) is 6.45. The van der Waals surface area contributed by atoms with Gasteiger partial charge in [0.05, 0.1) is 16.2 Å². The molecule has 0 radical (unpaired) electrons. The molecule has 0 spiro atoms. The van der Waals surface area contributed by atoms with Gasteiger partial charge < -0.3 is 5.32 Å². The van der Waals surface area contributed by atoms with Gasteiger partial charge in [0.1, 0.15) is 10.8 Å². The van der Waals surface area contributed by atoms with E-state index in [4.69, 9.17) is 0 Å². The van der Waals surface area contributed by atoms with E-state index in [0.29, 0.717) is 4.47 Å². The minimum Gasteiger partial charge on any atom is -0.305 e. The largest absolute Gasteiger partial charge is 0.305 e. The van der Waals surface area contributed by atoms with Crippen molar-refractivity contribution >= 4 is 27.3 Å². The summed E-state index contributed by atoms with van der Waals surface area (Å²) < 4.78 is 14.2. The summed E-state index contributed by atoms with van der Waals surface area (Å²) in [6.07, 6.45) is 0. The van der Waals surface area contributed by atoms with E-state index in [9.17, 15) is 4.39 Å². The topological polar surface area (TPSA) is 24.9 Å². The summed E-state index contributed by atoms with van der Waals surface area (Å²) in [5.41, 5.74) is 1.94. The standard InChI is InChI=1S/C14H16BrFN2S/c1-4-17-13(14-18-8(2)9(3)19-14)10-5-6-11(15)12(16)7-10/h5-7,13,17H,4H2,1-3H3. The fourth-order valence-corrected chi connectivity index (χ4v) is 3.14. The number of aromatic nitrogens is 1. The first-order valence-electron chi connectivity index (χ1n) is 6.15. The van der Waals surface area contributed by atoms with E-state index in [-0.39, 0.29) is 11.9 Å². The minimum atomic E-state index is -0.245. The zero-order chi connectivity index (χ0) is 14.0. The number of halogens is 2. The molecule has 1 heterocycles. The van der Waals surface area contributed by atoms with Gasteiger partial charge in [-0.25, -0.2) is 9.37 Å². The van der Waals surface area contributed by atoms with Crippen molar-refractivity contribution < 1.29 is 4.39 Å². The highest BCUT2D eigenvalue weighted by molar-refractivity contribution is 9.10. The second-order valence-electron chi connectivity index (χ2n) is 4.36. The quantitative estimate of drug-likeness (QED) is 0.892. The molecule has 5 heteroatoms. The average molecular weight is 343 g/mol. The lowest BCUT2D eigenvalue weighted by Crippen LogP contribution is -2.22. The van der Waals surface area contributed by atoms with Crippen LogP contribution >= 0.6 is 27.3 Å². The molecular weight excluding hydrogens is 327 g/mol. The van der Waals surface area contributed by atoms with Crippen LogP contribution in [0.3, 0.4) is 0 Å². The normalized spacial score (nSPS) is 12.7. The summed E-state index contributed by atoms with van der Waals surface area (Å²) in [7, 11) is 0. The van der Waals surface area contributed by atoms with Crippen molar-refractivity contribution in [2.24, 2.45) is 0 Å². The molecule has 1 unspecified atom stereocenters. The minimum absolute atomic E-state index is 0.0509. The molecule has 2 rings (SSSR count). The third-order valence-corrected chi connectivity index (χ3v) is 4.76. The summed E-state index contributed by atoms with van der Waals surface area (Å²) in [5.74, 6) is -0.245. The Hall–Kier alpha value is -0.780. The molecule has 0 aliphatic rings. The van der Waals surface area contributed by atoms with Gasteiger partial charge in [0.15, 0.2) is 0 Å². The molecule has 0 fully saturated rings. The smallest absolute Gasteiger partial charge is 0.137 e. The lowest BCUT2D eigenvalue weighted by Gasteiger charge is -2.16. The van der Waals surface area contributed by atoms with Crippen molar-refractivity contribution in [1.82, 2.24) is 10.3 Å². The van der Waals surface area contributed by atoms with Gasteiger partial charge in [0, 0.05) is 4.88 Å². The molecule has 1 atom stereocenters. The molecule has 0 amide bonds. The SMILES string of the molecule is CCNC(c1ccc(Br)c(F)c1)c1nc(C)c(C)s1. The Balaban J connectivity index is 2.41. The highest BCUT2D eigenvalue weighted by atomic mass is 79.9. The van der Waals surface area contributed by atoms with Gasteiger partial charge in [-0.05, 0) is 54.0 Å². The molecule has 102 valence electrons. The van der Waals surface area contributed by atoms with Crippen LogP contribution in [0.5, 0.6) is 0 Å². The third kappa shape index (κ3) is 3.22. The van der Waals surface area contributed by atoms with Crippen molar-refractivity contribution in [1.29, 1.82) is 0 Å². The number of aryl methyl sites for hydroxylation is 2. The van der Waals surface area contributed by atoms with Crippen LogP contribution in [-0.4, -0.2) is 11.5 Å². The Bertz CT molecular complexity index is 563. The van der Waals surface area contributed by atoms with Crippen LogP contribution in [0, 0.1) is 19.7 Å². The van der Waals surface area contributed by atoms with Crippen molar-refractivity contribution in [3.8, 4) is 0 Å². The summed E-state index contributed by atoms with van der Waals surface area (Å²) in [6, 6.07) is 5.17. The van der Waals surface area contributed by atoms with Crippen LogP contribution in [-0.2, 0) is 0 Å². The first kappa shape index (κ1) is 14.6. The highest BCUT2D eigenvalue weighted by Crippen LogP contribution is 2.29. The van der Waals surface area contributed by atoms with Gasteiger partial charge in [0.2, 0.25) is 0 Å². The molecule has 0 saturated carbocycles. The summed E-state index contributed by atoms with van der Waals surface area (Å²) in [4.78, 5) is 5.78. The van der Waals surface area contributed by atoms with Crippen molar-refractivity contribution in [3.05, 3.63) is 49.6 Å². The van der Waals surface area contributed by atoms with Crippen LogP contribution in [0.1, 0.15) is 34.1 Å². The Morgan fingerprint density at radius 2 is 2.16 bits per heavy atom. The fraction of sp³-hybridized carbons (Fsp3) is 0.357. The van der Waals surface area contributed by atoms with Gasteiger partial charge in [-0.1, -0.05) is 13.0 Å². The molecule has 2 aromatic rings. The molecule has 0 saturated heterocycles. The Labute approximate surface area is 125 Å². The molecule has 19 heavy (non-hydrogen) atoms. The number of hydrogen-bond donors (Lipinski definition) is 1. The van der Waals surface area contributed by atoms with E-state index in [1.165, 1.54) is 4.88 Å². The maximum atomic E-state index is 13.7. The van der Waals surface area contributed by atoms with Crippen LogP contribution in [0.25, 0.3) is 0 Å². The summed E-state index contributed by atoms with van der Waals surface area (Å²) >= 11 is 4.84. The summed E-state index contributed by atoms with van der Waals surface area (Å²) in [6.45, 7) is 6.90. The predicted molar refractivity (Wildman–Crippen MR) is 81.2 cm³/mol. The Kier molecular flexibility index (Phi) is 4.71. The van der Waals surface area contributed by atoms with Crippen molar-refractivity contribution in [2.45, 2.75) is 26.8 Å². The Morgan fingerprint density at radius 1 is 1.42 bits per heavy atom. The number of hydrogen-bond acceptors (Lipinski definition) is 3. The maximum Gasteiger partial charge on any atom is 0.137 e. The summed E-state index contributed by atoms with van der Waals surface area (Å²) in [5, 5.41) is 4.35. The van der Waals surface area contributed by atoms with E-state index >= 15 is 0 Å². The molecule has 0 aliphatic carbocycles. The number of rotatable bonds is 4. The van der Waals surface area contributed by atoms with Crippen LogP contribution in [0.2, 0.25) is 0 Å². The van der Waals surface area contributed by atoms with Gasteiger partial charge in [0.25, 0.3) is 0 Å². The predicted octanol–water partition coefficient (Wildman–Crippen LogP) is 4.36. The van der Waals surface area contributed by atoms with Gasteiger partial charge in [-0.3, -0.25) is 0 Å². The van der Waals surface area contributed by atoms with Crippen LogP contribution in [0.4, 0.5) is 4.39 Å². The molecule has 2 nitrogen and oxygen atoms in total. The number of nitrogens with one attached hydrogen (secondary N) is 1. The van der Waals surface area contributed by atoms with E-state index in [1.54, 1.807) is 23.5 Å². The monoisotopic (exact) mass is 342 g/mol. The first-order valence-corrected chi connectivity index (χ1v) is 7.76. The molecule has 0 bridgehead atoms. The lowest BCUT2D eigenvalue weighted by atomic mass is 10.1. The highest BCUT2D eigenvalue weighted by Gasteiger charge is 2.18. The molecule has 1 aromatic heterocycles. The van der Waals surface area contributed by atoms with E-state index in [0.717, 1.165) is 22.8 Å².